The van der Waals surface area contributed by atoms with Crippen molar-refractivity contribution in [3.05, 3.63) is 71.8 Å². The second-order valence-electron chi connectivity index (χ2n) is 4.75. The Balaban J connectivity index is 1.70. The predicted molar refractivity (Wildman–Crippen MR) is 77.9 cm³/mol. The molecule has 0 saturated carbocycles. The molecule has 0 spiro atoms. The van der Waals surface area contributed by atoms with E-state index in [1.165, 1.54) is 11.1 Å². The van der Waals surface area contributed by atoms with Crippen LogP contribution in [0.1, 0.15) is 24.0 Å². The van der Waals surface area contributed by atoms with Crippen LogP contribution in [-0.2, 0) is 6.42 Å². The monoisotopic (exact) mass is 239 g/mol. The van der Waals surface area contributed by atoms with E-state index in [0.717, 1.165) is 19.5 Å². The molecular formula is C17H21N. The first kappa shape index (κ1) is 12.8. The van der Waals surface area contributed by atoms with Gasteiger partial charge < -0.3 is 5.32 Å². The lowest BCUT2D eigenvalue weighted by Crippen LogP contribution is -2.22. The third-order valence-corrected chi connectivity index (χ3v) is 3.25. The van der Waals surface area contributed by atoms with E-state index < -0.39 is 0 Å². The zero-order chi connectivity index (χ0) is 12.6. The van der Waals surface area contributed by atoms with Crippen molar-refractivity contribution in [3.63, 3.8) is 0 Å². The van der Waals surface area contributed by atoms with Crippen LogP contribution in [0.5, 0.6) is 0 Å². The lowest BCUT2D eigenvalue weighted by atomic mass is 10.0. The van der Waals surface area contributed by atoms with Crippen LogP contribution in [0, 0.1) is 0 Å². The van der Waals surface area contributed by atoms with Crippen LogP contribution >= 0.6 is 0 Å². The standard InChI is InChI=1S/C17H21N/c1-15(17-10-6-3-7-11-17)14-18-13-12-16-8-4-2-5-9-16/h2-11,15,18H,12-14H2,1H3. The molecule has 0 saturated heterocycles. The molecule has 0 radical (unpaired) electrons. The van der Waals surface area contributed by atoms with E-state index in [9.17, 15) is 0 Å². The van der Waals surface area contributed by atoms with Gasteiger partial charge in [0.1, 0.15) is 0 Å². The fourth-order valence-electron chi connectivity index (χ4n) is 2.10. The van der Waals surface area contributed by atoms with Gasteiger partial charge in [-0.1, -0.05) is 67.6 Å². The van der Waals surface area contributed by atoms with Crippen molar-refractivity contribution in [2.24, 2.45) is 0 Å². The first-order chi connectivity index (χ1) is 8.86. The zero-order valence-electron chi connectivity index (χ0n) is 11.0. The van der Waals surface area contributed by atoms with Gasteiger partial charge in [0, 0.05) is 6.54 Å². The van der Waals surface area contributed by atoms with Crippen LogP contribution in [0.15, 0.2) is 60.7 Å². The van der Waals surface area contributed by atoms with E-state index in [-0.39, 0.29) is 0 Å². The number of nitrogens with one attached hydrogen (secondary N) is 1. The summed E-state index contributed by atoms with van der Waals surface area (Å²) in [6.45, 7) is 4.35. The Kier molecular flexibility index (Phi) is 4.98. The Labute approximate surface area is 110 Å². The molecular weight excluding hydrogens is 218 g/mol. The molecule has 2 aromatic carbocycles. The summed E-state index contributed by atoms with van der Waals surface area (Å²) in [5, 5.41) is 3.53. The molecule has 0 aromatic heterocycles. The second kappa shape index (κ2) is 6.97. The molecule has 1 nitrogen and oxygen atoms in total. The molecule has 0 aliphatic carbocycles. The Bertz CT molecular complexity index is 436. The number of hydrogen-bond acceptors (Lipinski definition) is 1. The van der Waals surface area contributed by atoms with E-state index in [2.05, 4.69) is 72.9 Å². The summed E-state index contributed by atoms with van der Waals surface area (Å²) in [7, 11) is 0. The fourth-order valence-corrected chi connectivity index (χ4v) is 2.10. The van der Waals surface area contributed by atoms with Crippen molar-refractivity contribution in [2.45, 2.75) is 19.3 Å². The van der Waals surface area contributed by atoms with Crippen LogP contribution in [0.25, 0.3) is 0 Å². The van der Waals surface area contributed by atoms with Gasteiger partial charge in [-0.15, -0.1) is 0 Å². The van der Waals surface area contributed by atoms with E-state index in [0.29, 0.717) is 5.92 Å². The summed E-state index contributed by atoms with van der Waals surface area (Å²) in [6.07, 6.45) is 1.10. The van der Waals surface area contributed by atoms with Crippen LogP contribution in [0.4, 0.5) is 0 Å². The quantitative estimate of drug-likeness (QED) is 0.759. The van der Waals surface area contributed by atoms with E-state index >= 15 is 0 Å². The number of rotatable bonds is 6. The van der Waals surface area contributed by atoms with Gasteiger partial charge in [0.25, 0.3) is 0 Å². The summed E-state index contributed by atoms with van der Waals surface area (Å²) in [6, 6.07) is 21.3. The van der Waals surface area contributed by atoms with Crippen LogP contribution in [-0.4, -0.2) is 13.1 Å². The molecule has 0 fully saturated rings. The molecule has 1 atom stereocenters. The summed E-state index contributed by atoms with van der Waals surface area (Å²) in [4.78, 5) is 0. The van der Waals surface area contributed by atoms with E-state index in [1.54, 1.807) is 0 Å². The first-order valence-electron chi connectivity index (χ1n) is 6.66. The van der Waals surface area contributed by atoms with E-state index in [1.807, 2.05) is 0 Å². The lowest BCUT2D eigenvalue weighted by Gasteiger charge is -2.13. The highest BCUT2D eigenvalue weighted by atomic mass is 14.8. The normalized spacial score (nSPS) is 12.3. The van der Waals surface area contributed by atoms with Crippen molar-refractivity contribution in [1.29, 1.82) is 0 Å². The first-order valence-corrected chi connectivity index (χ1v) is 6.66. The highest BCUT2D eigenvalue weighted by molar-refractivity contribution is 5.19. The molecule has 1 heteroatoms. The highest BCUT2D eigenvalue weighted by Gasteiger charge is 2.03. The maximum atomic E-state index is 3.53. The summed E-state index contributed by atoms with van der Waals surface area (Å²) >= 11 is 0. The highest BCUT2D eigenvalue weighted by Crippen LogP contribution is 2.12. The minimum atomic E-state index is 0.571. The molecule has 0 aliphatic heterocycles. The minimum absolute atomic E-state index is 0.571. The maximum absolute atomic E-state index is 3.53. The lowest BCUT2D eigenvalue weighted by molar-refractivity contribution is 0.615. The average molecular weight is 239 g/mol. The van der Waals surface area contributed by atoms with Crippen molar-refractivity contribution in [3.8, 4) is 0 Å². The van der Waals surface area contributed by atoms with Crippen molar-refractivity contribution >= 4 is 0 Å². The fraction of sp³-hybridized carbons (Fsp3) is 0.294. The third-order valence-electron chi connectivity index (χ3n) is 3.25. The zero-order valence-corrected chi connectivity index (χ0v) is 11.0. The smallest absolute Gasteiger partial charge is 0.00176 e. The van der Waals surface area contributed by atoms with Gasteiger partial charge in [-0.05, 0) is 30.0 Å². The molecule has 18 heavy (non-hydrogen) atoms. The Morgan fingerprint density at radius 1 is 0.889 bits per heavy atom. The summed E-state index contributed by atoms with van der Waals surface area (Å²) in [5.74, 6) is 0.571. The summed E-state index contributed by atoms with van der Waals surface area (Å²) < 4.78 is 0. The Morgan fingerprint density at radius 3 is 2.17 bits per heavy atom. The molecule has 0 amide bonds. The average Bonchev–Trinajstić information content (AvgIpc) is 2.45. The Hall–Kier alpha value is -1.60. The molecule has 94 valence electrons. The van der Waals surface area contributed by atoms with Gasteiger partial charge in [0.15, 0.2) is 0 Å². The molecule has 2 rings (SSSR count). The molecule has 1 unspecified atom stereocenters. The van der Waals surface area contributed by atoms with Gasteiger partial charge in [0.05, 0.1) is 0 Å². The van der Waals surface area contributed by atoms with Crippen LogP contribution in [0.3, 0.4) is 0 Å². The van der Waals surface area contributed by atoms with Crippen molar-refractivity contribution < 1.29 is 0 Å². The summed E-state index contributed by atoms with van der Waals surface area (Å²) in [5.41, 5.74) is 2.81. The van der Waals surface area contributed by atoms with Gasteiger partial charge in [0.2, 0.25) is 0 Å². The van der Waals surface area contributed by atoms with Crippen LogP contribution < -0.4 is 5.32 Å². The number of benzene rings is 2. The molecule has 2 aromatic rings. The SMILES string of the molecule is CC(CNCCc1ccccc1)c1ccccc1. The van der Waals surface area contributed by atoms with Gasteiger partial charge in [-0.2, -0.15) is 0 Å². The van der Waals surface area contributed by atoms with E-state index in [4.69, 9.17) is 0 Å². The minimum Gasteiger partial charge on any atom is -0.316 e. The number of hydrogen-bond donors (Lipinski definition) is 1. The Morgan fingerprint density at radius 2 is 1.50 bits per heavy atom. The molecule has 0 heterocycles. The van der Waals surface area contributed by atoms with Gasteiger partial charge in [-0.25, -0.2) is 0 Å². The third kappa shape index (κ3) is 4.01. The van der Waals surface area contributed by atoms with Gasteiger partial charge in [-0.3, -0.25) is 0 Å². The second-order valence-corrected chi connectivity index (χ2v) is 4.75. The largest absolute Gasteiger partial charge is 0.316 e. The van der Waals surface area contributed by atoms with Crippen molar-refractivity contribution in [2.75, 3.05) is 13.1 Å². The maximum Gasteiger partial charge on any atom is 0.00176 e. The van der Waals surface area contributed by atoms with Gasteiger partial charge >= 0.3 is 0 Å². The van der Waals surface area contributed by atoms with Crippen LogP contribution in [0.2, 0.25) is 0 Å². The topological polar surface area (TPSA) is 12.0 Å². The molecule has 1 N–H and O–H groups in total. The molecule has 0 aliphatic rings. The van der Waals surface area contributed by atoms with Crippen molar-refractivity contribution in [1.82, 2.24) is 5.32 Å². The molecule has 0 bridgehead atoms. The predicted octanol–water partition coefficient (Wildman–Crippen LogP) is 3.62.